The summed E-state index contributed by atoms with van der Waals surface area (Å²) in [7, 11) is 1.26. The summed E-state index contributed by atoms with van der Waals surface area (Å²) in [5.74, 6) is -1.30. The number of nitrogens with one attached hydrogen (secondary N) is 3. The van der Waals surface area contributed by atoms with E-state index in [0.29, 0.717) is 12.8 Å². The molecule has 0 aliphatic carbocycles. The zero-order valence-corrected chi connectivity index (χ0v) is 20.3. The van der Waals surface area contributed by atoms with Crippen molar-refractivity contribution in [2.75, 3.05) is 7.11 Å². The smallest absolute Gasteiger partial charge is 0.408 e. The van der Waals surface area contributed by atoms with Crippen LogP contribution in [-0.2, 0) is 30.5 Å². The molecule has 33 heavy (non-hydrogen) atoms. The van der Waals surface area contributed by atoms with Gasteiger partial charge in [-0.2, -0.15) is 0 Å². The molecule has 1 aromatic carbocycles. The first-order chi connectivity index (χ1) is 15.5. The van der Waals surface area contributed by atoms with Crippen molar-refractivity contribution in [2.24, 2.45) is 11.8 Å². The maximum Gasteiger partial charge on any atom is 0.408 e. The monoisotopic (exact) mass is 463 g/mol. The minimum atomic E-state index is -0.928. The molecule has 1 aromatic rings. The summed E-state index contributed by atoms with van der Waals surface area (Å²) in [6.45, 7) is 9.27. The normalized spacial score (nSPS) is 13.6. The van der Waals surface area contributed by atoms with Crippen molar-refractivity contribution in [2.45, 2.75) is 72.2 Å². The molecule has 0 radical (unpaired) electrons. The van der Waals surface area contributed by atoms with Gasteiger partial charge in [-0.05, 0) is 37.2 Å². The molecule has 1 rings (SSSR count). The summed E-state index contributed by atoms with van der Waals surface area (Å²) in [6, 6.07) is 6.55. The number of hydrogen-bond donors (Lipinski definition) is 3. The van der Waals surface area contributed by atoms with E-state index in [1.165, 1.54) is 14.0 Å². The molecule has 3 amide bonds. The number of carbonyl (C=O) groups is 4. The van der Waals surface area contributed by atoms with Gasteiger partial charge in [0.05, 0.1) is 7.11 Å². The first kappa shape index (κ1) is 27.9. The van der Waals surface area contributed by atoms with E-state index in [4.69, 9.17) is 9.47 Å². The van der Waals surface area contributed by atoms with Crippen LogP contribution >= 0.6 is 0 Å². The number of rotatable bonds is 12. The number of methoxy groups -OCH3 is 1. The Morgan fingerprint density at radius 1 is 0.788 bits per heavy atom. The summed E-state index contributed by atoms with van der Waals surface area (Å²) in [6.07, 6.45) is 0.0265. The van der Waals surface area contributed by atoms with Crippen LogP contribution in [-0.4, -0.2) is 49.1 Å². The fourth-order valence-corrected chi connectivity index (χ4v) is 3.11. The van der Waals surface area contributed by atoms with Crippen LogP contribution in [0.25, 0.3) is 0 Å². The second kappa shape index (κ2) is 14.1. The maximum atomic E-state index is 12.9. The van der Waals surface area contributed by atoms with Crippen LogP contribution in [0.3, 0.4) is 0 Å². The zero-order valence-electron chi connectivity index (χ0n) is 20.3. The Morgan fingerprint density at radius 3 is 1.88 bits per heavy atom. The van der Waals surface area contributed by atoms with Crippen LogP contribution < -0.4 is 16.0 Å². The molecule has 9 nitrogen and oxygen atoms in total. The molecule has 0 saturated carbocycles. The Morgan fingerprint density at radius 2 is 1.33 bits per heavy atom. The Balaban J connectivity index is 2.71. The molecule has 184 valence electrons. The van der Waals surface area contributed by atoms with Gasteiger partial charge >= 0.3 is 12.1 Å². The highest BCUT2D eigenvalue weighted by atomic mass is 16.5. The lowest BCUT2D eigenvalue weighted by Gasteiger charge is -2.25. The lowest BCUT2D eigenvalue weighted by molar-refractivity contribution is -0.146. The molecule has 0 saturated heterocycles. The molecule has 0 spiro atoms. The lowest BCUT2D eigenvalue weighted by atomic mass is 10.0. The van der Waals surface area contributed by atoms with Crippen LogP contribution in [0, 0.1) is 11.8 Å². The van der Waals surface area contributed by atoms with Gasteiger partial charge < -0.3 is 25.4 Å². The third kappa shape index (κ3) is 10.9. The molecule has 3 N–H and O–H groups in total. The van der Waals surface area contributed by atoms with Crippen LogP contribution in [0.2, 0.25) is 0 Å². The first-order valence-corrected chi connectivity index (χ1v) is 11.2. The summed E-state index contributed by atoms with van der Waals surface area (Å²) >= 11 is 0. The molecular weight excluding hydrogens is 426 g/mol. The lowest BCUT2D eigenvalue weighted by Crippen LogP contribution is -2.55. The molecule has 0 aromatic heterocycles. The third-order valence-electron chi connectivity index (χ3n) is 4.79. The number of benzene rings is 1. The van der Waals surface area contributed by atoms with Gasteiger partial charge in [0, 0.05) is 0 Å². The van der Waals surface area contributed by atoms with Crippen LogP contribution in [0.1, 0.15) is 53.0 Å². The molecule has 0 fully saturated rings. The number of hydrogen-bond acceptors (Lipinski definition) is 6. The minimum Gasteiger partial charge on any atom is -0.467 e. The summed E-state index contributed by atoms with van der Waals surface area (Å²) < 4.78 is 9.92. The number of alkyl carbamates (subject to hydrolysis) is 1. The van der Waals surface area contributed by atoms with Crippen LogP contribution in [0.5, 0.6) is 0 Å². The number of esters is 1. The fourth-order valence-electron chi connectivity index (χ4n) is 3.11. The third-order valence-corrected chi connectivity index (χ3v) is 4.79. The van der Waals surface area contributed by atoms with Gasteiger partial charge in [-0.1, -0.05) is 58.0 Å². The Bertz CT molecular complexity index is 782. The van der Waals surface area contributed by atoms with E-state index >= 15 is 0 Å². The van der Waals surface area contributed by atoms with Gasteiger partial charge in [0.1, 0.15) is 24.7 Å². The first-order valence-electron chi connectivity index (χ1n) is 11.2. The summed E-state index contributed by atoms with van der Waals surface area (Å²) in [5.41, 5.74) is 0.819. The standard InChI is InChI=1S/C24H37N3O6/c1-15(2)12-19(22(29)27-20(13-16(3)4)23(30)32-6)26-21(28)17(5)25-24(31)33-14-18-10-8-7-9-11-18/h7-11,15-17,19-20H,12-14H2,1-6H3,(H,25,31)(H,26,28)(H,27,29)/t17-,19-,20-/m0/s1. The molecule has 3 atom stereocenters. The fraction of sp³-hybridized carbons (Fsp3) is 0.583. The Kier molecular flexibility index (Phi) is 12.0. The van der Waals surface area contributed by atoms with Crippen molar-refractivity contribution in [3.63, 3.8) is 0 Å². The van der Waals surface area contributed by atoms with Crippen LogP contribution in [0.15, 0.2) is 30.3 Å². The summed E-state index contributed by atoms with van der Waals surface area (Å²) in [5, 5.41) is 7.82. The van der Waals surface area contributed by atoms with Gasteiger partial charge in [-0.25, -0.2) is 9.59 Å². The average molecular weight is 464 g/mol. The van der Waals surface area contributed by atoms with E-state index < -0.39 is 42.0 Å². The highest BCUT2D eigenvalue weighted by molar-refractivity contribution is 5.92. The van der Waals surface area contributed by atoms with Gasteiger partial charge in [-0.3, -0.25) is 9.59 Å². The number of carbonyl (C=O) groups excluding carboxylic acids is 4. The molecule has 0 heterocycles. The number of amides is 3. The van der Waals surface area contributed by atoms with Crippen molar-refractivity contribution in [1.82, 2.24) is 16.0 Å². The van der Waals surface area contributed by atoms with E-state index in [1.54, 1.807) is 0 Å². The van der Waals surface area contributed by atoms with Crippen molar-refractivity contribution in [1.29, 1.82) is 0 Å². The Labute approximate surface area is 196 Å². The van der Waals surface area contributed by atoms with E-state index in [1.807, 2.05) is 58.0 Å². The average Bonchev–Trinajstić information content (AvgIpc) is 2.76. The SMILES string of the molecule is COC(=O)[C@H](CC(C)C)NC(=O)[C@H](CC(C)C)NC(=O)[C@H](C)NC(=O)OCc1ccccc1. The van der Waals surface area contributed by atoms with Gasteiger partial charge in [0.25, 0.3) is 0 Å². The topological polar surface area (TPSA) is 123 Å². The van der Waals surface area contributed by atoms with E-state index in [2.05, 4.69) is 16.0 Å². The zero-order chi connectivity index (χ0) is 25.0. The molecular formula is C24H37N3O6. The number of ether oxygens (including phenoxy) is 2. The molecule has 0 aliphatic heterocycles. The minimum absolute atomic E-state index is 0.0736. The highest BCUT2D eigenvalue weighted by Crippen LogP contribution is 2.10. The summed E-state index contributed by atoms with van der Waals surface area (Å²) in [4.78, 5) is 49.6. The van der Waals surface area contributed by atoms with Crippen molar-refractivity contribution in [3.8, 4) is 0 Å². The molecule has 0 unspecified atom stereocenters. The van der Waals surface area contributed by atoms with Crippen molar-refractivity contribution in [3.05, 3.63) is 35.9 Å². The molecule has 9 heteroatoms. The quantitative estimate of drug-likeness (QED) is 0.410. The van der Waals surface area contributed by atoms with E-state index in [9.17, 15) is 19.2 Å². The predicted octanol–water partition coefficient (Wildman–Crippen LogP) is 2.54. The van der Waals surface area contributed by atoms with E-state index in [0.717, 1.165) is 5.56 Å². The second-order valence-corrected chi connectivity index (χ2v) is 8.83. The highest BCUT2D eigenvalue weighted by Gasteiger charge is 2.29. The maximum absolute atomic E-state index is 12.9. The molecule has 0 bridgehead atoms. The molecule has 0 aliphatic rings. The van der Waals surface area contributed by atoms with Gasteiger partial charge in [0.2, 0.25) is 11.8 Å². The largest absolute Gasteiger partial charge is 0.467 e. The van der Waals surface area contributed by atoms with Crippen molar-refractivity contribution >= 4 is 23.9 Å². The van der Waals surface area contributed by atoms with E-state index in [-0.39, 0.29) is 18.4 Å². The predicted molar refractivity (Wildman–Crippen MR) is 124 cm³/mol. The second-order valence-electron chi connectivity index (χ2n) is 8.83. The van der Waals surface area contributed by atoms with Gasteiger partial charge in [0.15, 0.2) is 0 Å². The Hall–Kier alpha value is -3.10. The van der Waals surface area contributed by atoms with Crippen LogP contribution in [0.4, 0.5) is 4.79 Å². The van der Waals surface area contributed by atoms with Gasteiger partial charge in [-0.15, -0.1) is 0 Å². The van der Waals surface area contributed by atoms with Crippen molar-refractivity contribution < 1.29 is 28.7 Å².